The SMILES string of the molecule is COC(=O)[C@@H]1CCCN1c1cc2[nH]c(-c3cnn4ccc(N5CCC[C@@H]5c5cc(F)ccc5F)nc34)nc2cc1C#N. The number of halogens is 2. The maximum Gasteiger partial charge on any atom is 0.328 e. The average Bonchev–Trinajstić information content (AvgIpc) is 3.81. The van der Waals surface area contributed by atoms with Gasteiger partial charge in [0.1, 0.15) is 35.4 Å². The summed E-state index contributed by atoms with van der Waals surface area (Å²) in [5, 5.41) is 14.4. The van der Waals surface area contributed by atoms with Gasteiger partial charge in [-0.2, -0.15) is 10.4 Å². The molecule has 0 spiro atoms. The fourth-order valence-corrected chi connectivity index (χ4v) is 6.26. The summed E-state index contributed by atoms with van der Waals surface area (Å²) < 4.78 is 35.3. The highest BCUT2D eigenvalue weighted by molar-refractivity contribution is 5.89. The molecule has 2 aliphatic heterocycles. The summed E-state index contributed by atoms with van der Waals surface area (Å²) in [5.74, 6) is -0.0906. The quantitative estimate of drug-likeness (QED) is 0.298. The third-order valence-corrected chi connectivity index (χ3v) is 8.23. The van der Waals surface area contributed by atoms with E-state index in [1.165, 1.54) is 13.2 Å². The van der Waals surface area contributed by atoms with E-state index in [9.17, 15) is 18.8 Å². The molecule has 212 valence electrons. The van der Waals surface area contributed by atoms with Crippen molar-refractivity contribution >= 4 is 34.2 Å². The van der Waals surface area contributed by atoms with Crippen molar-refractivity contribution < 1.29 is 18.3 Å². The highest BCUT2D eigenvalue weighted by Crippen LogP contribution is 2.38. The fourth-order valence-electron chi connectivity index (χ4n) is 6.26. The van der Waals surface area contributed by atoms with Crippen LogP contribution < -0.4 is 9.80 Å². The number of carbonyl (C=O) groups excluding carboxylic acids is 1. The van der Waals surface area contributed by atoms with Crippen molar-refractivity contribution in [1.29, 1.82) is 5.26 Å². The van der Waals surface area contributed by atoms with E-state index in [-0.39, 0.29) is 12.0 Å². The van der Waals surface area contributed by atoms with Crippen molar-refractivity contribution in [2.24, 2.45) is 0 Å². The van der Waals surface area contributed by atoms with Crippen LogP contribution in [0.5, 0.6) is 0 Å². The highest BCUT2D eigenvalue weighted by Gasteiger charge is 2.34. The summed E-state index contributed by atoms with van der Waals surface area (Å²) in [7, 11) is 1.37. The summed E-state index contributed by atoms with van der Waals surface area (Å²) in [6, 6.07) is 10.4. The molecule has 0 amide bonds. The number of H-pyrrole nitrogens is 1. The largest absolute Gasteiger partial charge is 0.467 e. The van der Waals surface area contributed by atoms with Crippen molar-refractivity contribution in [3.63, 3.8) is 0 Å². The Kier molecular flexibility index (Phi) is 6.22. The maximum absolute atomic E-state index is 14.7. The van der Waals surface area contributed by atoms with Crippen LogP contribution in [0.2, 0.25) is 0 Å². The van der Waals surface area contributed by atoms with Gasteiger partial charge in [0, 0.05) is 24.8 Å². The normalized spacial score (nSPS) is 18.7. The number of hydrogen-bond donors (Lipinski definition) is 1. The van der Waals surface area contributed by atoms with Crippen molar-refractivity contribution in [1.82, 2.24) is 24.6 Å². The van der Waals surface area contributed by atoms with Crippen LogP contribution in [-0.2, 0) is 9.53 Å². The number of hydrogen-bond acceptors (Lipinski definition) is 8. The predicted octanol–water partition coefficient (Wildman–Crippen LogP) is 4.91. The molecule has 0 saturated carbocycles. The number of aromatic nitrogens is 5. The molecule has 5 aromatic rings. The number of methoxy groups -OCH3 is 1. The predicted molar refractivity (Wildman–Crippen MR) is 151 cm³/mol. The molecular weight excluding hydrogens is 542 g/mol. The molecular formula is C30H26F2N8O2. The van der Waals surface area contributed by atoms with Crippen LogP contribution in [0.3, 0.4) is 0 Å². The summed E-state index contributed by atoms with van der Waals surface area (Å²) >= 11 is 0. The standard InChI is InChI=1S/C30H26F2N8O2/c1-42-30(41)25-5-3-9-38(25)26-14-23-22(12-17(26)15-33)35-28(36-23)20-16-34-40-11-8-27(37-29(20)40)39-10-2-4-24(39)19-13-18(31)6-7-21(19)32/h6-8,11-14,16,24-25H,2-5,9-10H2,1H3,(H,35,36)/t24-,25+/m1/s1. The summed E-state index contributed by atoms with van der Waals surface area (Å²) in [6.45, 7) is 1.29. The second-order valence-electron chi connectivity index (χ2n) is 10.6. The number of aromatic amines is 1. The van der Waals surface area contributed by atoms with Gasteiger partial charge in [0.2, 0.25) is 0 Å². The minimum Gasteiger partial charge on any atom is -0.467 e. The van der Waals surface area contributed by atoms with Gasteiger partial charge in [0.25, 0.3) is 0 Å². The van der Waals surface area contributed by atoms with Gasteiger partial charge in [-0.3, -0.25) is 0 Å². The first-order chi connectivity index (χ1) is 20.4. The van der Waals surface area contributed by atoms with Crippen LogP contribution in [0, 0.1) is 23.0 Å². The van der Waals surface area contributed by atoms with Crippen molar-refractivity contribution in [2.45, 2.75) is 37.8 Å². The molecule has 12 heteroatoms. The van der Waals surface area contributed by atoms with Gasteiger partial charge in [0.15, 0.2) is 5.65 Å². The Bertz CT molecular complexity index is 1890. The second-order valence-corrected chi connectivity index (χ2v) is 10.6. The first kappa shape index (κ1) is 25.9. The molecule has 0 aliphatic carbocycles. The number of carbonyl (C=O) groups is 1. The topological polar surface area (TPSA) is 115 Å². The Morgan fingerprint density at radius 3 is 2.76 bits per heavy atom. The Morgan fingerprint density at radius 1 is 1.10 bits per heavy atom. The Labute approximate surface area is 239 Å². The lowest BCUT2D eigenvalue weighted by Gasteiger charge is -2.26. The van der Waals surface area contributed by atoms with Crippen LogP contribution in [0.15, 0.2) is 48.8 Å². The molecule has 7 rings (SSSR count). The monoisotopic (exact) mass is 568 g/mol. The molecule has 2 aliphatic rings. The van der Waals surface area contributed by atoms with Gasteiger partial charge < -0.3 is 19.5 Å². The minimum atomic E-state index is -0.474. The van der Waals surface area contributed by atoms with E-state index in [1.807, 2.05) is 21.9 Å². The van der Waals surface area contributed by atoms with Crippen LogP contribution in [-0.4, -0.2) is 56.8 Å². The van der Waals surface area contributed by atoms with Crippen molar-refractivity contribution in [3.05, 3.63) is 71.6 Å². The molecule has 0 radical (unpaired) electrons. The molecule has 0 unspecified atom stereocenters. The molecule has 42 heavy (non-hydrogen) atoms. The van der Waals surface area contributed by atoms with Gasteiger partial charge in [-0.15, -0.1) is 0 Å². The molecule has 10 nitrogen and oxygen atoms in total. The number of rotatable bonds is 5. The number of nitriles is 1. The number of ether oxygens (including phenoxy) is 1. The average molecular weight is 569 g/mol. The number of imidazole rings is 1. The number of fused-ring (bicyclic) bond motifs is 2. The molecule has 2 atom stereocenters. The van der Waals surface area contributed by atoms with Crippen LogP contribution in [0.25, 0.3) is 28.1 Å². The summed E-state index contributed by atoms with van der Waals surface area (Å²) in [5.41, 5.74) is 3.87. The van der Waals surface area contributed by atoms with Gasteiger partial charge in [-0.05, 0) is 62.1 Å². The zero-order chi connectivity index (χ0) is 29.0. The molecule has 0 bridgehead atoms. The van der Waals surface area contributed by atoms with E-state index in [4.69, 9.17) is 14.7 Å². The molecule has 2 fully saturated rings. The third kappa shape index (κ3) is 4.20. The third-order valence-electron chi connectivity index (χ3n) is 8.23. The maximum atomic E-state index is 14.7. The van der Waals surface area contributed by atoms with Gasteiger partial charge >= 0.3 is 5.97 Å². The van der Waals surface area contributed by atoms with E-state index in [0.29, 0.717) is 76.6 Å². The van der Waals surface area contributed by atoms with Gasteiger partial charge in [-0.25, -0.2) is 28.1 Å². The molecule has 1 N–H and O–H groups in total. The van der Waals surface area contributed by atoms with E-state index in [0.717, 1.165) is 25.0 Å². The number of esters is 1. The fraction of sp³-hybridized carbons (Fsp3) is 0.300. The first-order valence-corrected chi connectivity index (χ1v) is 13.8. The lowest BCUT2D eigenvalue weighted by molar-refractivity contribution is -0.141. The second kappa shape index (κ2) is 10.1. The molecule has 2 saturated heterocycles. The zero-order valence-electron chi connectivity index (χ0n) is 22.7. The number of nitrogens with zero attached hydrogens (tertiary/aromatic N) is 7. The molecule has 2 aromatic carbocycles. The molecule has 3 aromatic heterocycles. The highest BCUT2D eigenvalue weighted by atomic mass is 19.1. The Balaban J connectivity index is 1.27. The smallest absolute Gasteiger partial charge is 0.328 e. The zero-order valence-corrected chi connectivity index (χ0v) is 22.7. The van der Waals surface area contributed by atoms with Gasteiger partial charge in [0.05, 0.1) is 47.2 Å². The Hall–Kier alpha value is -5.05. The summed E-state index contributed by atoms with van der Waals surface area (Å²) in [4.78, 5) is 29.3. The number of nitrogens with one attached hydrogen (secondary N) is 1. The number of benzene rings is 2. The summed E-state index contributed by atoms with van der Waals surface area (Å²) in [6.07, 6.45) is 6.42. The van der Waals surface area contributed by atoms with Crippen molar-refractivity contribution in [2.75, 3.05) is 30.0 Å². The first-order valence-electron chi connectivity index (χ1n) is 13.8. The van der Waals surface area contributed by atoms with E-state index >= 15 is 0 Å². The minimum absolute atomic E-state index is 0.316. The van der Waals surface area contributed by atoms with E-state index in [1.54, 1.807) is 23.0 Å². The Morgan fingerprint density at radius 2 is 1.93 bits per heavy atom. The van der Waals surface area contributed by atoms with E-state index < -0.39 is 17.7 Å². The molecule has 5 heterocycles. The lowest BCUT2D eigenvalue weighted by atomic mass is 10.0. The van der Waals surface area contributed by atoms with Crippen molar-refractivity contribution in [3.8, 4) is 17.5 Å². The van der Waals surface area contributed by atoms with Crippen LogP contribution in [0.4, 0.5) is 20.3 Å². The number of anilines is 2. The lowest BCUT2D eigenvalue weighted by Crippen LogP contribution is -2.37. The van der Waals surface area contributed by atoms with Gasteiger partial charge in [-0.1, -0.05) is 0 Å². The van der Waals surface area contributed by atoms with Crippen LogP contribution >= 0.6 is 0 Å². The van der Waals surface area contributed by atoms with E-state index in [2.05, 4.69) is 16.2 Å². The van der Waals surface area contributed by atoms with Crippen LogP contribution in [0.1, 0.15) is 42.9 Å².